The van der Waals surface area contributed by atoms with Gasteiger partial charge < -0.3 is 24.4 Å². The minimum Gasteiger partial charge on any atom is -0.455 e. The molecule has 4 rings (SSSR count). The van der Waals surface area contributed by atoms with Gasteiger partial charge in [-0.3, -0.25) is 4.72 Å². The molecular weight excluding hydrogens is 630 g/mol. The number of aliphatic hydroxyl groups is 2. The number of carbonyl (C=O) groups is 1. The molecule has 0 saturated heterocycles. The number of rotatable bonds is 12. The predicted molar refractivity (Wildman–Crippen MR) is 187 cm³/mol. The molecule has 9 atom stereocenters. The van der Waals surface area contributed by atoms with E-state index in [-0.39, 0.29) is 58.3 Å². The lowest BCUT2D eigenvalue weighted by molar-refractivity contribution is -0.252. The Labute approximate surface area is 287 Å². The zero-order valence-corrected chi connectivity index (χ0v) is 31.0. The summed E-state index contributed by atoms with van der Waals surface area (Å²) in [5.74, 6) is -1.21. The van der Waals surface area contributed by atoms with Crippen LogP contribution in [0.25, 0.3) is 0 Å². The summed E-state index contributed by atoms with van der Waals surface area (Å²) >= 11 is 0. The molecule has 2 fully saturated rings. The van der Waals surface area contributed by atoms with Gasteiger partial charge in [-0.05, 0) is 101 Å². The van der Waals surface area contributed by atoms with Gasteiger partial charge in [0.25, 0.3) is 10.0 Å². The van der Waals surface area contributed by atoms with Crippen molar-refractivity contribution >= 4 is 21.7 Å². The van der Waals surface area contributed by atoms with E-state index in [1.165, 1.54) is 12.1 Å². The highest BCUT2D eigenvalue weighted by Gasteiger charge is 2.66. The van der Waals surface area contributed by atoms with Gasteiger partial charge in [0.05, 0.1) is 28.4 Å². The minimum absolute atomic E-state index is 0.0563. The Kier molecular flexibility index (Phi) is 11.8. The van der Waals surface area contributed by atoms with E-state index in [4.69, 9.17) is 14.2 Å². The van der Waals surface area contributed by atoms with Crippen LogP contribution >= 0.6 is 0 Å². The quantitative estimate of drug-likeness (QED) is 0.165. The molecule has 2 aliphatic rings. The molecule has 0 radical (unpaired) electrons. The number of sulfonamides is 1. The smallest absolute Gasteiger partial charge is 0.340 e. The first kappa shape index (κ1) is 38.3. The third-order valence-corrected chi connectivity index (χ3v) is 12.8. The summed E-state index contributed by atoms with van der Waals surface area (Å²) in [4.78, 5) is 14.1. The van der Waals surface area contributed by atoms with E-state index in [2.05, 4.69) is 25.5 Å². The van der Waals surface area contributed by atoms with Crippen molar-refractivity contribution in [3.63, 3.8) is 0 Å². The molecule has 2 unspecified atom stereocenters. The van der Waals surface area contributed by atoms with Gasteiger partial charge >= 0.3 is 5.97 Å². The fourth-order valence-corrected chi connectivity index (χ4v) is 9.95. The Bertz CT molecular complexity index is 1510. The Morgan fingerprint density at radius 2 is 1.71 bits per heavy atom. The molecule has 0 spiro atoms. The van der Waals surface area contributed by atoms with Crippen molar-refractivity contribution in [2.75, 3.05) is 18.9 Å². The third kappa shape index (κ3) is 7.33. The fourth-order valence-electron chi connectivity index (χ4n) is 8.87. The van der Waals surface area contributed by atoms with Gasteiger partial charge in [-0.1, -0.05) is 57.5 Å². The summed E-state index contributed by atoms with van der Waals surface area (Å²) < 4.78 is 47.1. The van der Waals surface area contributed by atoms with Crippen molar-refractivity contribution in [1.29, 1.82) is 0 Å². The lowest BCUT2D eigenvalue weighted by Crippen LogP contribution is -2.67. The molecule has 3 N–H and O–H groups in total. The first-order chi connectivity index (χ1) is 22.4. The summed E-state index contributed by atoms with van der Waals surface area (Å²) in [6.45, 7) is 14.0. The van der Waals surface area contributed by atoms with Crippen LogP contribution in [0.2, 0.25) is 0 Å². The number of benzene rings is 2. The second-order valence-corrected chi connectivity index (χ2v) is 16.8. The van der Waals surface area contributed by atoms with Gasteiger partial charge in [0.1, 0.15) is 16.8 Å². The average molecular weight is 688 g/mol. The lowest BCUT2D eigenvalue weighted by atomic mass is 9.62. The Morgan fingerprint density at radius 3 is 2.31 bits per heavy atom. The number of nitrogens with one attached hydrogen (secondary N) is 1. The molecule has 48 heavy (non-hydrogen) atoms. The van der Waals surface area contributed by atoms with Crippen LogP contribution in [0.5, 0.6) is 0 Å². The van der Waals surface area contributed by atoms with Crippen LogP contribution in [0.15, 0.2) is 53.4 Å². The number of hydrogen-bond donors (Lipinski definition) is 3. The zero-order valence-electron chi connectivity index (χ0n) is 30.2. The molecule has 0 bridgehead atoms. The summed E-state index contributed by atoms with van der Waals surface area (Å²) in [5.41, 5.74) is -2.77. The van der Waals surface area contributed by atoms with Crippen LogP contribution in [0.1, 0.15) is 96.0 Å². The van der Waals surface area contributed by atoms with E-state index in [0.29, 0.717) is 25.7 Å². The molecule has 0 aromatic heterocycles. The Morgan fingerprint density at radius 1 is 1.06 bits per heavy atom. The lowest BCUT2D eigenvalue weighted by Gasteiger charge is -2.53. The van der Waals surface area contributed by atoms with Crippen molar-refractivity contribution in [2.45, 2.75) is 121 Å². The number of hydrogen-bond acceptors (Lipinski definition) is 8. The van der Waals surface area contributed by atoms with Crippen molar-refractivity contribution in [2.24, 2.45) is 29.6 Å². The monoisotopic (exact) mass is 687 g/mol. The number of esters is 1. The van der Waals surface area contributed by atoms with Gasteiger partial charge in [-0.25, -0.2) is 13.2 Å². The summed E-state index contributed by atoms with van der Waals surface area (Å²) in [7, 11) is -0.745. The molecule has 0 aliphatic heterocycles. The maximum atomic E-state index is 14.0. The van der Waals surface area contributed by atoms with E-state index in [1.807, 2.05) is 27.7 Å². The number of methoxy groups -OCH3 is 2. The van der Waals surface area contributed by atoms with Crippen molar-refractivity contribution in [1.82, 2.24) is 0 Å². The Balaban J connectivity index is 1.66. The van der Waals surface area contributed by atoms with Gasteiger partial charge in [0.15, 0.2) is 0 Å². The number of anilines is 1. The second-order valence-electron chi connectivity index (χ2n) is 15.1. The highest BCUT2D eigenvalue weighted by molar-refractivity contribution is 7.92. The van der Waals surface area contributed by atoms with Gasteiger partial charge in [0.2, 0.25) is 0 Å². The number of carbonyl (C=O) groups excluding carboxylic acids is 1. The van der Waals surface area contributed by atoms with E-state index < -0.39 is 38.9 Å². The Hall–Kier alpha value is -2.50. The minimum atomic E-state index is -3.96. The number of ether oxygens (including phenoxy) is 3. The normalized spacial score (nSPS) is 31.5. The first-order valence-corrected chi connectivity index (χ1v) is 18.8. The summed E-state index contributed by atoms with van der Waals surface area (Å²) in [6, 6.07) is 13.0. The summed E-state index contributed by atoms with van der Waals surface area (Å²) in [5, 5.41) is 25.5. The van der Waals surface area contributed by atoms with E-state index in [1.54, 1.807) is 50.6 Å². The fraction of sp³-hybridized carbons (Fsp3) is 0.658. The zero-order chi connectivity index (χ0) is 35.7. The van der Waals surface area contributed by atoms with Gasteiger partial charge in [0, 0.05) is 26.6 Å². The highest BCUT2D eigenvalue weighted by Crippen LogP contribution is 2.55. The number of aryl methyl sites for hydroxylation is 1. The maximum absolute atomic E-state index is 14.0. The average Bonchev–Trinajstić information content (AvgIpc) is 3.13. The SMILES string of the molecule is CO[C@H](C)C[C@](O)([C@@H]1CCC[C@@](C)(OC(=O)c2ccccc2NS(=O)(=O)c2ccc(C)cc2)C(C(C)C)C1)[C@]1(O)C(C)C[C@H](C)[C@@H]1OC. The molecule has 2 saturated carbocycles. The van der Waals surface area contributed by atoms with E-state index >= 15 is 0 Å². The molecule has 2 aliphatic carbocycles. The highest BCUT2D eigenvalue weighted by atomic mass is 32.2. The van der Waals surface area contributed by atoms with Crippen LogP contribution in [-0.2, 0) is 24.2 Å². The predicted octanol–water partition coefficient (Wildman–Crippen LogP) is 6.75. The largest absolute Gasteiger partial charge is 0.455 e. The first-order valence-electron chi connectivity index (χ1n) is 17.4. The van der Waals surface area contributed by atoms with Crippen LogP contribution < -0.4 is 4.72 Å². The summed E-state index contributed by atoms with van der Waals surface area (Å²) in [6.07, 6.45) is 2.42. The van der Waals surface area contributed by atoms with Crippen molar-refractivity contribution in [3.05, 3.63) is 59.7 Å². The molecule has 0 heterocycles. The van der Waals surface area contributed by atoms with Gasteiger partial charge in [-0.2, -0.15) is 0 Å². The standard InChI is InChI=1S/C38H57NO8S/c1-24(2)32-22-29(37(41,23-28(6)45-8)38(42)27(5)21-26(4)34(38)46-9)13-12-20-36(32,7)47-35(40)31-14-10-11-15-33(31)39-48(43,44)30-18-16-25(3)17-19-30/h10-11,14-19,24,26-29,32,34,39,41-42H,12-13,20-23H2,1-9H3/t26-,27?,28+,29+,32?,34-,36+,37-,38-/m0/s1. The van der Waals surface area contributed by atoms with Crippen LogP contribution in [-0.4, -0.2) is 67.8 Å². The maximum Gasteiger partial charge on any atom is 0.340 e. The number of para-hydroxylation sites is 1. The van der Waals surface area contributed by atoms with Crippen LogP contribution in [0, 0.1) is 36.5 Å². The van der Waals surface area contributed by atoms with Crippen LogP contribution in [0.4, 0.5) is 5.69 Å². The molecule has 2 aromatic carbocycles. The van der Waals surface area contributed by atoms with Crippen LogP contribution in [0.3, 0.4) is 0 Å². The molecular formula is C38H57NO8S. The molecule has 10 heteroatoms. The van der Waals surface area contributed by atoms with Gasteiger partial charge in [-0.15, -0.1) is 0 Å². The van der Waals surface area contributed by atoms with Crippen molar-refractivity contribution in [3.8, 4) is 0 Å². The second kappa shape index (κ2) is 14.8. The third-order valence-electron chi connectivity index (χ3n) is 11.5. The molecule has 0 amide bonds. The van der Waals surface area contributed by atoms with E-state index in [9.17, 15) is 23.4 Å². The van der Waals surface area contributed by atoms with Crippen molar-refractivity contribution < 1.29 is 37.6 Å². The van der Waals surface area contributed by atoms with E-state index in [0.717, 1.165) is 12.0 Å². The molecule has 9 nitrogen and oxygen atoms in total. The molecule has 2 aromatic rings. The topological polar surface area (TPSA) is 131 Å². The molecule has 268 valence electrons.